The number of nitrogens with one attached hydrogen (secondary N) is 1. The predicted molar refractivity (Wildman–Crippen MR) is 75.2 cm³/mol. The average molecular weight is 345 g/mol. The van der Waals surface area contributed by atoms with Crippen molar-refractivity contribution in [1.29, 1.82) is 0 Å². The van der Waals surface area contributed by atoms with Crippen molar-refractivity contribution in [1.82, 2.24) is 0 Å². The number of phenols is 1. The quantitative estimate of drug-likeness (QED) is 0.858. The number of rotatable bonds is 2. The van der Waals surface area contributed by atoms with Crippen LogP contribution in [0.15, 0.2) is 40.9 Å². The molecule has 0 bridgehead atoms. The lowest BCUT2D eigenvalue weighted by atomic mass is 10.2. The number of phenolic OH excluding ortho intramolecular Hbond substituents is 1. The highest BCUT2D eigenvalue weighted by atomic mass is 79.9. The Balaban J connectivity index is 2.23. The van der Waals surface area contributed by atoms with Crippen LogP contribution >= 0.6 is 27.5 Å². The van der Waals surface area contributed by atoms with Gasteiger partial charge >= 0.3 is 0 Å². The molecule has 1 amide bonds. The van der Waals surface area contributed by atoms with Crippen molar-refractivity contribution in [2.24, 2.45) is 0 Å². The number of carbonyl (C=O) groups excluding carboxylic acids is 1. The topological polar surface area (TPSA) is 49.3 Å². The van der Waals surface area contributed by atoms with E-state index in [1.54, 1.807) is 6.07 Å². The molecule has 0 aliphatic carbocycles. The molecule has 0 heterocycles. The first-order chi connectivity index (χ1) is 8.97. The van der Waals surface area contributed by atoms with E-state index in [0.29, 0.717) is 10.2 Å². The fourth-order valence-electron chi connectivity index (χ4n) is 1.46. The summed E-state index contributed by atoms with van der Waals surface area (Å²) in [6.45, 7) is 0. The Morgan fingerprint density at radius 2 is 2.00 bits per heavy atom. The van der Waals surface area contributed by atoms with Crippen molar-refractivity contribution < 1.29 is 14.3 Å². The SMILES string of the molecule is O=C(Nc1ccc(Cl)c(O)c1)c1ccc(F)cc1Br. The number of hydrogen-bond donors (Lipinski definition) is 2. The van der Waals surface area contributed by atoms with Gasteiger partial charge in [0.1, 0.15) is 11.6 Å². The second-order valence-electron chi connectivity index (χ2n) is 3.74. The Bertz CT molecular complexity index is 649. The van der Waals surface area contributed by atoms with Crippen LogP contribution in [-0.2, 0) is 0 Å². The fourth-order valence-corrected chi connectivity index (χ4v) is 2.11. The monoisotopic (exact) mass is 343 g/mol. The Kier molecular flexibility index (Phi) is 4.07. The van der Waals surface area contributed by atoms with Crippen molar-refractivity contribution in [3.05, 3.63) is 57.3 Å². The smallest absolute Gasteiger partial charge is 0.256 e. The third-order valence-corrected chi connectivity index (χ3v) is 3.36. The number of amides is 1. The maximum absolute atomic E-state index is 12.9. The molecule has 0 fully saturated rings. The number of halogens is 3. The summed E-state index contributed by atoms with van der Waals surface area (Å²) in [6.07, 6.45) is 0. The molecule has 2 N–H and O–H groups in total. The second kappa shape index (κ2) is 5.59. The van der Waals surface area contributed by atoms with Crippen LogP contribution in [-0.4, -0.2) is 11.0 Å². The van der Waals surface area contributed by atoms with Crippen LogP contribution in [0.2, 0.25) is 5.02 Å². The third kappa shape index (κ3) is 3.24. The van der Waals surface area contributed by atoms with E-state index in [9.17, 15) is 14.3 Å². The zero-order valence-corrected chi connectivity index (χ0v) is 11.8. The normalized spacial score (nSPS) is 10.3. The maximum atomic E-state index is 12.9. The van der Waals surface area contributed by atoms with Gasteiger partial charge in [0, 0.05) is 16.2 Å². The molecular weight excluding hydrogens is 337 g/mol. The summed E-state index contributed by atoms with van der Waals surface area (Å²) in [7, 11) is 0. The molecule has 0 radical (unpaired) electrons. The summed E-state index contributed by atoms with van der Waals surface area (Å²) >= 11 is 8.78. The highest BCUT2D eigenvalue weighted by Gasteiger charge is 2.11. The molecule has 3 nitrogen and oxygen atoms in total. The van der Waals surface area contributed by atoms with E-state index in [-0.39, 0.29) is 16.3 Å². The summed E-state index contributed by atoms with van der Waals surface area (Å²) in [5.74, 6) is -0.987. The number of hydrogen-bond acceptors (Lipinski definition) is 2. The molecule has 6 heteroatoms. The van der Waals surface area contributed by atoms with Gasteiger partial charge < -0.3 is 10.4 Å². The van der Waals surface area contributed by atoms with Gasteiger partial charge in [0.05, 0.1) is 10.6 Å². The number of carbonyl (C=O) groups is 1. The Hall–Kier alpha value is -1.59. The van der Waals surface area contributed by atoms with Gasteiger partial charge in [-0.1, -0.05) is 11.6 Å². The van der Waals surface area contributed by atoms with Gasteiger partial charge in [0.15, 0.2) is 0 Å². The lowest BCUT2D eigenvalue weighted by molar-refractivity contribution is 0.102. The molecule has 0 saturated carbocycles. The van der Waals surface area contributed by atoms with Crippen molar-refractivity contribution in [2.45, 2.75) is 0 Å². The molecule has 2 aromatic rings. The van der Waals surface area contributed by atoms with Crippen LogP contribution in [0, 0.1) is 5.82 Å². The highest BCUT2D eigenvalue weighted by molar-refractivity contribution is 9.10. The van der Waals surface area contributed by atoms with Gasteiger partial charge in [-0.15, -0.1) is 0 Å². The lowest BCUT2D eigenvalue weighted by Crippen LogP contribution is -2.12. The average Bonchev–Trinajstić information content (AvgIpc) is 2.33. The van der Waals surface area contributed by atoms with E-state index < -0.39 is 11.7 Å². The van der Waals surface area contributed by atoms with Gasteiger partial charge in [-0.05, 0) is 46.3 Å². The van der Waals surface area contributed by atoms with Crippen molar-refractivity contribution in [2.75, 3.05) is 5.32 Å². The van der Waals surface area contributed by atoms with Gasteiger partial charge in [0.25, 0.3) is 5.91 Å². The zero-order chi connectivity index (χ0) is 14.0. The minimum Gasteiger partial charge on any atom is -0.506 e. The van der Waals surface area contributed by atoms with Crippen molar-refractivity contribution in [3.8, 4) is 5.75 Å². The first kappa shape index (κ1) is 13.8. The van der Waals surface area contributed by atoms with Crippen LogP contribution in [0.5, 0.6) is 5.75 Å². The van der Waals surface area contributed by atoms with Gasteiger partial charge in [-0.25, -0.2) is 4.39 Å². The number of aromatic hydroxyl groups is 1. The molecule has 0 saturated heterocycles. The second-order valence-corrected chi connectivity index (χ2v) is 5.01. The molecule has 2 aromatic carbocycles. The van der Waals surface area contributed by atoms with E-state index in [2.05, 4.69) is 21.2 Å². The van der Waals surface area contributed by atoms with Crippen LogP contribution < -0.4 is 5.32 Å². The number of benzene rings is 2. The van der Waals surface area contributed by atoms with E-state index in [1.165, 1.54) is 30.3 Å². The standard InChI is InChI=1S/C13H8BrClFNO2/c14-10-5-7(16)1-3-9(10)13(19)17-8-2-4-11(15)12(18)6-8/h1-6,18H,(H,17,19). The fraction of sp³-hybridized carbons (Fsp3) is 0. The van der Waals surface area contributed by atoms with E-state index in [1.807, 2.05) is 0 Å². The lowest BCUT2D eigenvalue weighted by Gasteiger charge is -2.08. The molecule has 0 spiro atoms. The zero-order valence-electron chi connectivity index (χ0n) is 9.45. The first-order valence-corrected chi connectivity index (χ1v) is 6.39. The van der Waals surface area contributed by atoms with Crippen LogP contribution in [0.1, 0.15) is 10.4 Å². The molecule has 0 atom stereocenters. The van der Waals surface area contributed by atoms with E-state index in [0.717, 1.165) is 0 Å². The molecule has 98 valence electrons. The Labute approximate surface area is 122 Å². The summed E-state index contributed by atoms with van der Waals surface area (Å²) in [4.78, 5) is 12.0. The maximum Gasteiger partial charge on any atom is 0.256 e. The first-order valence-electron chi connectivity index (χ1n) is 5.22. The molecule has 0 unspecified atom stereocenters. The van der Waals surface area contributed by atoms with Crippen LogP contribution in [0.4, 0.5) is 10.1 Å². The van der Waals surface area contributed by atoms with E-state index in [4.69, 9.17) is 11.6 Å². The summed E-state index contributed by atoms with van der Waals surface area (Å²) in [5.41, 5.74) is 0.680. The summed E-state index contributed by atoms with van der Waals surface area (Å²) in [6, 6.07) is 8.11. The highest BCUT2D eigenvalue weighted by Crippen LogP contribution is 2.27. The molecule has 0 aromatic heterocycles. The Morgan fingerprint density at radius 3 is 2.63 bits per heavy atom. The van der Waals surface area contributed by atoms with Crippen molar-refractivity contribution >= 4 is 39.1 Å². The van der Waals surface area contributed by atoms with Gasteiger partial charge in [0.2, 0.25) is 0 Å². The minimum atomic E-state index is -0.437. The van der Waals surface area contributed by atoms with Crippen LogP contribution in [0.3, 0.4) is 0 Å². The number of anilines is 1. The predicted octanol–water partition coefficient (Wildman–Crippen LogP) is 4.20. The summed E-state index contributed by atoms with van der Waals surface area (Å²) in [5, 5.41) is 12.2. The minimum absolute atomic E-state index is 0.127. The molecule has 0 aliphatic heterocycles. The molecule has 19 heavy (non-hydrogen) atoms. The van der Waals surface area contributed by atoms with Gasteiger partial charge in [-0.2, -0.15) is 0 Å². The van der Waals surface area contributed by atoms with Crippen molar-refractivity contribution in [3.63, 3.8) is 0 Å². The van der Waals surface area contributed by atoms with Crippen LogP contribution in [0.25, 0.3) is 0 Å². The molecule has 0 aliphatic rings. The Morgan fingerprint density at radius 1 is 1.26 bits per heavy atom. The molecule has 2 rings (SSSR count). The van der Waals surface area contributed by atoms with E-state index >= 15 is 0 Å². The summed E-state index contributed by atoms with van der Waals surface area (Å²) < 4.78 is 13.3. The van der Waals surface area contributed by atoms with Gasteiger partial charge in [-0.3, -0.25) is 4.79 Å². The largest absolute Gasteiger partial charge is 0.506 e. The third-order valence-electron chi connectivity index (χ3n) is 2.38. The molecular formula is C13H8BrClFNO2.